The van der Waals surface area contributed by atoms with Gasteiger partial charge in [0, 0.05) is 24.7 Å². The molecule has 0 unspecified atom stereocenters. The van der Waals surface area contributed by atoms with Gasteiger partial charge in [0.1, 0.15) is 0 Å². The van der Waals surface area contributed by atoms with Crippen LogP contribution in [0.3, 0.4) is 0 Å². The van der Waals surface area contributed by atoms with Crippen molar-refractivity contribution in [2.24, 2.45) is 5.73 Å². The number of hydrogen-bond acceptors (Lipinski definition) is 4. The zero-order valence-electron chi connectivity index (χ0n) is 11.6. The molecule has 0 saturated carbocycles. The minimum absolute atomic E-state index is 0.206. The number of hydrogen-bond donors (Lipinski definition) is 1. The third-order valence-corrected chi connectivity index (χ3v) is 4.66. The summed E-state index contributed by atoms with van der Waals surface area (Å²) in [7, 11) is -2.04. The molecule has 2 aromatic rings. The molecule has 0 aliphatic heterocycles. The van der Waals surface area contributed by atoms with Gasteiger partial charge in [0.25, 0.3) is 0 Å². The predicted octanol–water partition coefficient (Wildman–Crippen LogP) is 1.41. The van der Waals surface area contributed by atoms with Crippen molar-refractivity contribution in [3.8, 4) is 11.8 Å². The average Bonchev–Trinajstić information content (AvgIpc) is 2.98. The van der Waals surface area contributed by atoms with Crippen LogP contribution >= 0.6 is 0 Å². The zero-order valence-corrected chi connectivity index (χ0v) is 12.4. The second kappa shape index (κ2) is 6.59. The lowest BCUT2D eigenvalue weighted by Gasteiger charge is -2.16. The largest absolute Gasteiger partial charge is 0.472 e. The first-order valence-electron chi connectivity index (χ1n) is 6.30. The van der Waals surface area contributed by atoms with Crippen LogP contribution < -0.4 is 5.73 Å². The Balaban J connectivity index is 2.26. The van der Waals surface area contributed by atoms with Crippen molar-refractivity contribution in [2.45, 2.75) is 11.4 Å². The van der Waals surface area contributed by atoms with Crippen LogP contribution in [0.2, 0.25) is 0 Å². The molecule has 0 aliphatic rings. The molecule has 0 spiro atoms. The molecule has 1 aromatic carbocycles. The minimum Gasteiger partial charge on any atom is -0.472 e. The average molecular weight is 304 g/mol. The second-order valence-electron chi connectivity index (χ2n) is 4.43. The Morgan fingerprint density at radius 3 is 2.81 bits per heavy atom. The van der Waals surface area contributed by atoms with E-state index in [1.807, 2.05) is 0 Å². The van der Waals surface area contributed by atoms with E-state index in [1.54, 1.807) is 30.3 Å². The molecule has 2 rings (SSSR count). The number of nitrogens with zero attached hydrogens (tertiary/aromatic N) is 1. The van der Waals surface area contributed by atoms with Crippen molar-refractivity contribution in [3.05, 3.63) is 54.0 Å². The van der Waals surface area contributed by atoms with Crippen LogP contribution in [0.15, 0.2) is 52.2 Å². The first kappa shape index (κ1) is 15.3. The summed E-state index contributed by atoms with van der Waals surface area (Å²) in [5, 5.41) is 0. The molecule has 2 N–H and O–H groups in total. The number of rotatable bonds is 4. The van der Waals surface area contributed by atoms with Crippen LogP contribution in [-0.2, 0) is 16.6 Å². The highest BCUT2D eigenvalue weighted by Gasteiger charge is 2.21. The summed E-state index contributed by atoms with van der Waals surface area (Å²) in [6.07, 6.45) is 3.04. The summed E-state index contributed by atoms with van der Waals surface area (Å²) in [5.41, 5.74) is 6.73. The Hall–Kier alpha value is -2.07. The van der Waals surface area contributed by atoms with E-state index in [2.05, 4.69) is 11.8 Å². The molecular weight excluding hydrogens is 288 g/mol. The standard InChI is InChI=1S/C15H16N2O3S/c1-17(11-14-7-9-20-12-14)21(18,19)15-6-2-4-13(10-15)5-3-8-16/h2,4,6-7,9-10,12H,8,11,16H2,1H3. The number of furan rings is 1. The zero-order chi connectivity index (χ0) is 15.3. The van der Waals surface area contributed by atoms with E-state index >= 15 is 0 Å². The molecule has 1 heterocycles. The fourth-order valence-electron chi connectivity index (χ4n) is 1.79. The van der Waals surface area contributed by atoms with Crippen LogP contribution in [0.25, 0.3) is 0 Å². The lowest BCUT2D eigenvalue weighted by molar-refractivity contribution is 0.463. The first-order valence-corrected chi connectivity index (χ1v) is 7.74. The van der Waals surface area contributed by atoms with E-state index in [4.69, 9.17) is 10.2 Å². The summed E-state index contributed by atoms with van der Waals surface area (Å²) in [4.78, 5) is 0.206. The highest BCUT2D eigenvalue weighted by molar-refractivity contribution is 7.89. The molecule has 5 nitrogen and oxygen atoms in total. The molecule has 0 radical (unpaired) electrons. The maximum atomic E-state index is 12.5. The van der Waals surface area contributed by atoms with Crippen molar-refractivity contribution in [3.63, 3.8) is 0 Å². The third kappa shape index (κ3) is 3.73. The van der Waals surface area contributed by atoms with Gasteiger partial charge in [-0.25, -0.2) is 8.42 Å². The lowest BCUT2D eigenvalue weighted by atomic mass is 10.2. The summed E-state index contributed by atoms with van der Waals surface area (Å²) < 4.78 is 31.2. The third-order valence-electron chi connectivity index (χ3n) is 2.86. The predicted molar refractivity (Wildman–Crippen MR) is 79.7 cm³/mol. The molecule has 1 aromatic heterocycles. The van der Waals surface area contributed by atoms with Crippen LogP contribution in [-0.4, -0.2) is 26.3 Å². The maximum absolute atomic E-state index is 12.5. The van der Waals surface area contributed by atoms with Crippen LogP contribution in [0.4, 0.5) is 0 Å². The number of nitrogens with two attached hydrogens (primary N) is 1. The highest BCUT2D eigenvalue weighted by atomic mass is 32.2. The molecule has 21 heavy (non-hydrogen) atoms. The first-order chi connectivity index (χ1) is 10.0. The van der Waals surface area contributed by atoms with Gasteiger partial charge in [-0.15, -0.1) is 0 Å². The SMILES string of the molecule is CN(Cc1ccoc1)S(=O)(=O)c1cccc(C#CCN)c1. The van der Waals surface area contributed by atoms with Crippen molar-refractivity contribution < 1.29 is 12.8 Å². The van der Waals surface area contributed by atoms with Crippen LogP contribution in [0, 0.1) is 11.8 Å². The summed E-state index contributed by atoms with van der Waals surface area (Å²) in [6.45, 7) is 0.481. The van der Waals surface area contributed by atoms with Crippen LogP contribution in [0.5, 0.6) is 0 Å². The van der Waals surface area contributed by atoms with Gasteiger partial charge >= 0.3 is 0 Å². The molecule has 110 valence electrons. The monoisotopic (exact) mass is 304 g/mol. The fraction of sp³-hybridized carbons (Fsp3) is 0.200. The molecule has 0 saturated heterocycles. The molecule has 0 aliphatic carbocycles. The van der Waals surface area contributed by atoms with Crippen molar-refractivity contribution >= 4 is 10.0 Å². The Morgan fingerprint density at radius 2 is 2.14 bits per heavy atom. The van der Waals surface area contributed by atoms with Gasteiger partial charge in [0.15, 0.2) is 0 Å². The normalized spacial score (nSPS) is 11.2. The van der Waals surface area contributed by atoms with Gasteiger partial charge in [0.2, 0.25) is 10.0 Å². The highest BCUT2D eigenvalue weighted by Crippen LogP contribution is 2.18. The van der Waals surface area contributed by atoms with Gasteiger partial charge < -0.3 is 10.2 Å². The van der Waals surface area contributed by atoms with Crippen molar-refractivity contribution in [1.82, 2.24) is 4.31 Å². The van der Waals surface area contributed by atoms with E-state index in [1.165, 1.54) is 23.9 Å². The molecule has 0 fully saturated rings. The van der Waals surface area contributed by atoms with Crippen molar-refractivity contribution in [1.29, 1.82) is 0 Å². The molecular formula is C15H16N2O3S. The number of benzene rings is 1. The lowest BCUT2D eigenvalue weighted by Crippen LogP contribution is -2.26. The van der Waals surface area contributed by atoms with Gasteiger partial charge in [-0.3, -0.25) is 0 Å². The molecule has 6 heteroatoms. The molecule has 0 amide bonds. The molecule has 0 bridgehead atoms. The maximum Gasteiger partial charge on any atom is 0.243 e. The van der Waals surface area contributed by atoms with E-state index in [0.29, 0.717) is 5.56 Å². The van der Waals surface area contributed by atoms with Gasteiger partial charge in [-0.05, 0) is 24.3 Å². The number of sulfonamides is 1. The Labute approximate surface area is 124 Å². The Kier molecular flexibility index (Phi) is 4.81. The summed E-state index contributed by atoms with van der Waals surface area (Å²) in [6, 6.07) is 8.24. The van der Waals surface area contributed by atoms with Gasteiger partial charge in [-0.2, -0.15) is 4.31 Å². The Morgan fingerprint density at radius 1 is 1.33 bits per heavy atom. The van der Waals surface area contributed by atoms with E-state index in [-0.39, 0.29) is 18.0 Å². The summed E-state index contributed by atoms with van der Waals surface area (Å²) >= 11 is 0. The quantitative estimate of drug-likeness (QED) is 0.867. The summed E-state index contributed by atoms with van der Waals surface area (Å²) in [5.74, 6) is 5.53. The second-order valence-corrected chi connectivity index (χ2v) is 6.47. The van der Waals surface area contributed by atoms with E-state index in [0.717, 1.165) is 5.56 Å². The molecule has 0 atom stereocenters. The van der Waals surface area contributed by atoms with E-state index in [9.17, 15) is 8.42 Å². The minimum atomic E-state index is -3.57. The van der Waals surface area contributed by atoms with Crippen molar-refractivity contribution in [2.75, 3.05) is 13.6 Å². The van der Waals surface area contributed by atoms with E-state index < -0.39 is 10.0 Å². The smallest absolute Gasteiger partial charge is 0.243 e. The topological polar surface area (TPSA) is 76.5 Å². The Bertz CT molecular complexity index is 756. The van der Waals surface area contributed by atoms with Crippen LogP contribution in [0.1, 0.15) is 11.1 Å². The van der Waals surface area contributed by atoms with Gasteiger partial charge in [0.05, 0.1) is 24.0 Å². The van der Waals surface area contributed by atoms with Gasteiger partial charge in [-0.1, -0.05) is 17.9 Å². The fourth-order valence-corrected chi connectivity index (χ4v) is 3.00.